The molecular weight excluding hydrogens is 494 g/mol. The van der Waals surface area contributed by atoms with E-state index in [1.807, 2.05) is 40.6 Å². The van der Waals surface area contributed by atoms with Crippen molar-refractivity contribution < 1.29 is 17.6 Å². The molecule has 5 rings (SSSR count). The third kappa shape index (κ3) is 4.34. The second-order valence-corrected chi connectivity index (χ2v) is 11.0. The summed E-state index contributed by atoms with van der Waals surface area (Å²) in [6, 6.07) is 18.8. The van der Waals surface area contributed by atoms with Crippen molar-refractivity contribution in [3.63, 3.8) is 0 Å². The zero-order valence-corrected chi connectivity index (χ0v) is 20.3. The Hall–Kier alpha value is -3.14. The van der Waals surface area contributed by atoms with E-state index in [1.165, 1.54) is 35.6 Å². The predicted octanol–water partition coefficient (Wildman–Crippen LogP) is 4.85. The number of oxazole rings is 1. The Morgan fingerprint density at radius 2 is 1.65 bits per heavy atom. The molecule has 1 aliphatic heterocycles. The normalized spacial score (nSPS) is 14.4. The number of hydrogen-bond acceptors (Lipinski definition) is 7. The van der Waals surface area contributed by atoms with Gasteiger partial charge < -0.3 is 14.2 Å². The average molecular weight is 514 g/mol. The van der Waals surface area contributed by atoms with Crippen molar-refractivity contribution in [2.24, 2.45) is 0 Å². The highest BCUT2D eigenvalue weighted by molar-refractivity contribution is 7.91. The van der Waals surface area contributed by atoms with Crippen molar-refractivity contribution in [3.05, 3.63) is 82.7 Å². The van der Waals surface area contributed by atoms with Crippen LogP contribution in [0.4, 0.5) is 5.88 Å². The number of piperazine rings is 1. The minimum atomic E-state index is -3.96. The van der Waals surface area contributed by atoms with Crippen molar-refractivity contribution in [3.8, 4) is 10.8 Å². The summed E-state index contributed by atoms with van der Waals surface area (Å²) in [5.74, 6) is 0.386. The summed E-state index contributed by atoms with van der Waals surface area (Å²) in [6.07, 6.45) is 0. The van der Waals surface area contributed by atoms with Gasteiger partial charge in [-0.15, -0.1) is 11.3 Å². The van der Waals surface area contributed by atoms with Crippen LogP contribution >= 0.6 is 22.9 Å². The highest BCUT2D eigenvalue weighted by Gasteiger charge is 2.33. The summed E-state index contributed by atoms with van der Waals surface area (Å²) in [5.41, 5.74) is 0.626. The molecule has 1 fully saturated rings. The second-order valence-electron chi connectivity index (χ2n) is 7.71. The number of carbonyl (C=O) groups excluding carboxylic acids is 1. The van der Waals surface area contributed by atoms with Crippen LogP contribution in [-0.4, -0.2) is 50.4 Å². The lowest BCUT2D eigenvalue weighted by atomic mass is 10.2. The van der Waals surface area contributed by atoms with Crippen molar-refractivity contribution in [1.82, 2.24) is 9.88 Å². The van der Waals surface area contributed by atoms with Crippen LogP contribution in [0.15, 0.2) is 86.4 Å². The molecule has 0 atom stereocenters. The molecule has 0 spiro atoms. The van der Waals surface area contributed by atoms with Gasteiger partial charge in [-0.1, -0.05) is 35.9 Å². The molecule has 1 aliphatic rings. The van der Waals surface area contributed by atoms with Crippen molar-refractivity contribution >= 4 is 44.6 Å². The molecule has 0 radical (unpaired) electrons. The van der Waals surface area contributed by atoms with Crippen molar-refractivity contribution in [1.29, 1.82) is 0 Å². The van der Waals surface area contributed by atoms with Crippen LogP contribution in [0, 0.1) is 0 Å². The maximum Gasteiger partial charge on any atom is 0.253 e. The zero-order chi connectivity index (χ0) is 23.7. The standard InChI is InChI=1S/C24H20ClN3O4S2/c25-18-8-10-19(11-9-18)34(30,31)22-24(32-21(26-22)20-7-4-16-33-20)28-14-12-27(13-15-28)23(29)17-5-2-1-3-6-17/h1-11,16H,12-15H2. The molecule has 2 aromatic heterocycles. The molecule has 1 saturated heterocycles. The van der Waals surface area contributed by atoms with Gasteiger partial charge in [-0.3, -0.25) is 4.79 Å². The first kappa shape index (κ1) is 22.6. The number of sulfone groups is 1. The topological polar surface area (TPSA) is 83.7 Å². The Morgan fingerprint density at radius 3 is 2.29 bits per heavy atom. The SMILES string of the molecule is O=C(c1ccccc1)N1CCN(c2oc(-c3cccs3)nc2S(=O)(=O)c2ccc(Cl)cc2)CC1. The summed E-state index contributed by atoms with van der Waals surface area (Å²) in [6.45, 7) is 1.70. The van der Waals surface area contributed by atoms with Crippen LogP contribution in [0.1, 0.15) is 10.4 Å². The fraction of sp³-hybridized carbons (Fsp3) is 0.167. The van der Waals surface area contributed by atoms with E-state index >= 15 is 0 Å². The van der Waals surface area contributed by atoms with Crippen LogP contribution in [0.5, 0.6) is 0 Å². The van der Waals surface area contributed by atoms with E-state index in [1.54, 1.807) is 17.0 Å². The first-order chi connectivity index (χ1) is 16.4. The molecule has 4 aromatic rings. The Balaban J connectivity index is 1.45. The van der Waals surface area contributed by atoms with Gasteiger partial charge in [-0.25, -0.2) is 8.42 Å². The molecule has 0 aliphatic carbocycles. The molecular formula is C24H20ClN3O4S2. The van der Waals surface area contributed by atoms with E-state index in [4.69, 9.17) is 16.0 Å². The van der Waals surface area contributed by atoms with Gasteiger partial charge >= 0.3 is 0 Å². The summed E-state index contributed by atoms with van der Waals surface area (Å²) in [4.78, 5) is 21.6. The van der Waals surface area contributed by atoms with E-state index < -0.39 is 9.84 Å². The quantitative estimate of drug-likeness (QED) is 0.379. The Labute approximate surface area is 206 Å². The van der Waals surface area contributed by atoms with Crippen LogP contribution in [-0.2, 0) is 9.84 Å². The Kier molecular flexibility index (Phi) is 6.16. The summed E-state index contributed by atoms with van der Waals surface area (Å²) < 4.78 is 33.0. The fourth-order valence-corrected chi connectivity index (χ4v) is 5.88. The first-order valence-electron chi connectivity index (χ1n) is 10.6. The van der Waals surface area contributed by atoms with Gasteiger partial charge in [0.2, 0.25) is 26.6 Å². The van der Waals surface area contributed by atoms with Gasteiger partial charge in [0.15, 0.2) is 0 Å². The lowest BCUT2D eigenvalue weighted by Crippen LogP contribution is -2.49. The van der Waals surface area contributed by atoms with Gasteiger partial charge in [0.25, 0.3) is 5.91 Å². The molecule has 0 unspecified atom stereocenters. The fourth-order valence-electron chi connectivity index (χ4n) is 3.78. The summed E-state index contributed by atoms with van der Waals surface area (Å²) in [5, 5.41) is 2.18. The maximum absolute atomic E-state index is 13.5. The molecule has 7 nitrogen and oxygen atoms in total. The van der Waals surface area contributed by atoms with E-state index in [0.29, 0.717) is 36.8 Å². The van der Waals surface area contributed by atoms with Gasteiger partial charge in [-0.2, -0.15) is 4.98 Å². The molecule has 2 aromatic carbocycles. The van der Waals surface area contributed by atoms with Gasteiger partial charge in [-0.05, 0) is 47.8 Å². The highest BCUT2D eigenvalue weighted by atomic mass is 35.5. The molecule has 1 amide bonds. The number of benzene rings is 2. The molecule has 0 N–H and O–H groups in total. The number of halogens is 1. The smallest absolute Gasteiger partial charge is 0.253 e. The third-order valence-electron chi connectivity index (χ3n) is 5.56. The van der Waals surface area contributed by atoms with Crippen LogP contribution in [0.25, 0.3) is 10.8 Å². The maximum atomic E-state index is 13.5. The largest absolute Gasteiger partial charge is 0.418 e. The number of aromatic nitrogens is 1. The predicted molar refractivity (Wildman–Crippen MR) is 131 cm³/mol. The third-order valence-corrected chi connectivity index (χ3v) is 8.34. The Morgan fingerprint density at radius 1 is 0.941 bits per heavy atom. The zero-order valence-electron chi connectivity index (χ0n) is 17.9. The summed E-state index contributed by atoms with van der Waals surface area (Å²) in [7, 11) is -3.96. The van der Waals surface area contributed by atoms with Crippen molar-refractivity contribution in [2.75, 3.05) is 31.1 Å². The van der Waals surface area contributed by atoms with E-state index in [2.05, 4.69) is 4.98 Å². The lowest BCUT2D eigenvalue weighted by molar-refractivity contribution is 0.0745. The highest BCUT2D eigenvalue weighted by Crippen LogP contribution is 2.36. The summed E-state index contributed by atoms with van der Waals surface area (Å²) >= 11 is 7.36. The number of anilines is 1. The molecule has 0 saturated carbocycles. The Bertz CT molecular complexity index is 1390. The molecule has 10 heteroatoms. The first-order valence-corrected chi connectivity index (χ1v) is 13.3. The lowest BCUT2D eigenvalue weighted by Gasteiger charge is -2.34. The minimum Gasteiger partial charge on any atom is -0.418 e. The monoisotopic (exact) mass is 513 g/mol. The number of nitrogens with zero attached hydrogens (tertiary/aromatic N) is 3. The van der Waals surface area contributed by atoms with Gasteiger partial charge in [0.05, 0.1) is 9.77 Å². The van der Waals surface area contributed by atoms with Gasteiger partial charge in [0, 0.05) is 36.8 Å². The second kappa shape index (κ2) is 9.25. The average Bonchev–Trinajstić information content (AvgIpc) is 3.55. The van der Waals surface area contributed by atoms with Gasteiger partial charge in [0.1, 0.15) is 0 Å². The molecule has 0 bridgehead atoms. The van der Waals surface area contributed by atoms with E-state index in [9.17, 15) is 13.2 Å². The van der Waals surface area contributed by atoms with Crippen LogP contribution in [0.3, 0.4) is 0 Å². The molecule has 174 valence electrons. The number of hydrogen-bond donors (Lipinski definition) is 0. The number of amides is 1. The molecule has 34 heavy (non-hydrogen) atoms. The van der Waals surface area contributed by atoms with E-state index in [0.717, 1.165) is 4.88 Å². The number of carbonyl (C=O) groups is 1. The number of thiophene rings is 1. The van der Waals surface area contributed by atoms with Crippen molar-refractivity contribution in [2.45, 2.75) is 9.92 Å². The minimum absolute atomic E-state index is 0.0499. The number of rotatable bonds is 5. The molecule has 3 heterocycles. The van der Waals surface area contributed by atoms with Crippen LogP contribution in [0.2, 0.25) is 5.02 Å². The van der Waals surface area contributed by atoms with Crippen LogP contribution < -0.4 is 4.90 Å². The van der Waals surface area contributed by atoms with E-state index in [-0.39, 0.29) is 27.6 Å².